The third kappa shape index (κ3) is 3.53. The summed E-state index contributed by atoms with van der Waals surface area (Å²) >= 11 is 0. The van der Waals surface area contributed by atoms with Gasteiger partial charge in [0.05, 0.1) is 0 Å². The van der Waals surface area contributed by atoms with Crippen molar-refractivity contribution in [2.24, 2.45) is 0 Å². The summed E-state index contributed by atoms with van der Waals surface area (Å²) in [5.41, 5.74) is 0.587. The highest BCUT2D eigenvalue weighted by Gasteiger charge is 2.31. The number of pyridine rings is 1. The zero-order valence-corrected chi connectivity index (χ0v) is 15.4. The lowest BCUT2D eigenvalue weighted by Gasteiger charge is -2.24. The Labute approximate surface area is 168 Å². The van der Waals surface area contributed by atoms with Crippen molar-refractivity contribution in [1.82, 2.24) is 4.98 Å². The monoisotopic (exact) mass is 386 g/mol. The van der Waals surface area contributed by atoms with Crippen LogP contribution in [0.15, 0.2) is 51.7 Å². The van der Waals surface area contributed by atoms with Crippen LogP contribution in [-0.4, -0.2) is 49.4 Å². The molecule has 4 rings (SSSR count). The summed E-state index contributed by atoms with van der Waals surface area (Å²) in [5, 5.41) is 17.9. The standard InChI is InChI=1S/C20H16B2N2O5/c21-20(22,28)14-5-2-1-4-11(14)13-10-17(25)29-18-12(13)7-8-16(23-18)24-9-3-6-15(24)19(26)27/h1-2,4-5,7-8,10,15,28H,3,6,9H2,(H,26,27). The van der Waals surface area contributed by atoms with E-state index in [0.29, 0.717) is 35.3 Å². The molecule has 1 aromatic carbocycles. The van der Waals surface area contributed by atoms with Crippen molar-refractivity contribution < 1.29 is 19.4 Å². The first-order valence-corrected chi connectivity index (χ1v) is 9.10. The van der Waals surface area contributed by atoms with Gasteiger partial charge in [-0.1, -0.05) is 24.3 Å². The van der Waals surface area contributed by atoms with Crippen LogP contribution in [0.4, 0.5) is 5.82 Å². The van der Waals surface area contributed by atoms with Crippen molar-refractivity contribution in [3.05, 3.63) is 58.4 Å². The summed E-state index contributed by atoms with van der Waals surface area (Å²) in [6.07, 6.45) is 1.26. The van der Waals surface area contributed by atoms with Gasteiger partial charge in [-0.2, -0.15) is 4.98 Å². The van der Waals surface area contributed by atoms with Crippen LogP contribution in [0.25, 0.3) is 22.2 Å². The second-order valence-corrected chi connectivity index (χ2v) is 7.06. The molecule has 1 fully saturated rings. The molecule has 9 heteroatoms. The van der Waals surface area contributed by atoms with E-state index in [0.717, 1.165) is 6.42 Å². The first-order valence-electron chi connectivity index (χ1n) is 9.10. The van der Waals surface area contributed by atoms with E-state index in [1.807, 2.05) is 0 Å². The molecule has 1 unspecified atom stereocenters. The number of aliphatic carboxylic acids is 1. The summed E-state index contributed by atoms with van der Waals surface area (Å²) in [7, 11) is 11.4. The average Bonchev–Trinajstić information content (AvgIpc) is 3.16. The van der Waals surface area contributed by atoms with Crippen LogP contribution in [0, 0.1) is 0 Å². The molecule has 4 radical (unpaired) electrons. The van der Waals surface area contributed by atoms with Gasteiger partial charge in [-0.3, -0.25) is 0 Å². The minimum absolute atomic E-state index is 0.0634. The Hall–Kier alpha value is -3.06. The predicted molar refractivity (Wildman–Crippen MR) is 109 cm³/mol. The van der Waals surface area contributed by atoms with E-state index < -0.39 is 23.0 Å². The Morgan fingerprint density at radius 2 is 1.97 bits per heavy atom. The maximum absolute atomic E-state index is 12.2. The fourth-order valence-corrected chi connectivity index (χ4v) is 3.78. The van der Waals surface area contributed by atoms with E-state index in [-0.39, 0.29) is 11.3 Å². The number of nitrogens with zero attached hydrogens (tertiary/aromatic N) is 2. The van der Waals surface area contributed by atoms with Crippen LogP contribution in [-0.2, 0) is 10.2 Å². The van der Waals surface area contributed by atoms with Crippen molar-refractivity contribution in [2.75, 3.05) is 11.4 Å². The van der Waals surface area contributed by atoms with E-state index in [1.165, 1.54) is 6.07 Å². The zero-order valence-electron chi connectivity index (χ0n) is 15.4. The Morgan fingerprint density at radius 1 is 1.21 bits per heavy atom. The number of benzene rings is 1. The molecular weight excluding hydrogens is 370 g/mol. The molecule has 142 valence electrons. The van der Waals surface area contributed by atoms with Crippen LogP contribution in [0.2, 0.25) is 0 Å². The van der Waals surface area contributed by atoms with Gasteiger partial charge in [0.15, 0.2) is 0 Å². The number of aromatic nitrogens is 1. The summed E-state index contributed by atoms with van der Waals surface area (Å²) in [6.45, 7) is 0.551. The van der Waals surface area contributed by atoms with E-state index >= 15 is 0 Å². The van der Waals surface area contributed by atoms with E-state index in [9.17, 15) is 19.8 Å². The SMILES string of the molecule is [B]C([B])(O)c1ccccc1-c1cc(=O)oc2nc(N3CCCC3C(=O)O)ccc12. The second kappa shape index (κ2) is 7.08. The summed E-state index contributed by atoms with van der Waals surface area (Å²) in [4.78, 5) is 29.8. The molecule has 0 saturated carbocycles. The van der Waals surface area contributed by atoms with Crippen molar-refractivity contribution in [2.45, 2.75) is 24.3 Å². The van der Waals surface area contributed by atoms with Crippen molar-refractivity contribution in [3.8, 4) is 11.1 Å². The maximum Gasteiger partial charge on any atom is 0.338 e. The average molecular weight is 386 g/mol. The number of anilines is 1. The number of hydrogen-bond donors (Lipinski definition) is 2. The Balaban J connectivity index is 1.89. The van der Waals surface area contributed by atoms with Crippen LogP contribution in [0.1, 0.15) is 18.4 Å². The molecular formula is C20H16B2N2O5. The fourth-order valence-electron chi connectivity index (χ4n) is 3.78. The van der Waals surface area contributed by atoms with Crippen molar-refractivity contribution in [3.63, 3.8) is 0 Å². The number of fused-ring (bicyclic) bond motifs is 1. The normalized spacial score (nSPS) is 17.0. The molecule has 0 aliphatic carbocycles. The van der Waals surface area contributed by atoms with Crippen LogP contribution in [0.5, 0.6) is 0 Å². The molecule has 1 aliphatic rings. The molecule has 0 bridgehead atoms. The first kappa shape index (κ1) is 19.3. The van der Waals surface area contributed by atoms with Gasteiger partial charge in [-0.25, -0.2) is 9.59 Å². The van der Waals surface area contributed by atoms with Gasteiger partial charge in [0, 0.05) is 29.0 Å². The predicted octanol–water partition coefficient (Wildman–Crippen LogP) is 1.35. The highest BCUT2D eigenvalue weighted by atomic mass is 16.4. The molecule has 2 aromatic heterocycles. The van der Waals surface area contributed by atoms with Crippen molar-refractivity contribution >= 4 is 38.6 Å². The number of carboxylic acid groups (broad SMARTS) is 1. The summed E-state index contributed by atoms with van der Waals surface area (Å²) in [6, 6.07) is 10.7. The van der Waals surface area contributed by atoms with Crippen LogP contribution in [0.3, 0.4) is 0 Å². The maximum atomic E-state index is 12.2. The minimum atomic E-state index is -2.10. The smallest absolute Gasteiger partial charge is 0.338 e. The van der Waals surface area contributed by atoms with Gasteiger partial charge in [-0.05, 0) is 36.1 Å². The molecule has 3 aromatic rings. The quantitative estimate of drug-likeness (QED) is 0.653. The van der Waals surface area contributed by atoms with Crippen LogP contribution < -0.4 is 10.5 Å². The van der Waals surface area contributed by atoms with E-state index in [1.54, 1.807) is 41.3 Å². The van der Waals surface area contributed by atoms with Crippen LogP contribution >= 0.6 is 0 Å². The molecule has 0 amide bonds. The number of carboxylic acids is 1. The Kier molecular flexibility index (Phi) is 4.70. The van der Waals surface area contributed by atoms with E-state index in [4.69, 9.17) is 20.1 Å². The Bertz CT molecular complexity index is 1160. The second-order valence-electron chi connectivity index (χ2n) is 7.06. The summed E-state index contributed by atoms with van der Waals surface area (Å²) in [5.74, 6) is -0.496. The highest BCUT2D eigenvalue weighted by Crippen LogP contribution is 2.34. The third-order valence-electron chi connectivity index (χ3n) is 5.08. The fraction of sp³-hybridized carbons (Fsp3) is 0.250. The molecule has 0 spiro atoms. The Morgan fingerprint density at radius 3 is 2.69 bits per heavy atom. The van der Waals surface area contributed by atoms with Gasteiger partial charge in [0.1, 0.15) is 27.6 Å². The van der Waals surface area contributed by atoms with Gasteiger partial charge in [0.2, 0.25) is 5.71 Å². The molecule has 3 heterocycles. The van der Waals surface area contributed by atoms with E-state index in [2.05, 4.69) is 4.98 Å². The highest BCUT2D eigenvalue weighted by molar-refractivity contribution is 6.39. The molecule has 2 N–H and O–H groups in total. The van der Waals surface area contributed by atoms with Gasteiger partial charge < -0.3 is 19.5 Å². The number of rotatable bonds is 4. The lowest BCUT2D eigenvalue weighted by atomic mass is 9.60. The topological polar surface area (TPSA) is 104 Å². The lowest BCUT2D eigenvalue weighted by molar-refractivity contribution is -0.138. The zero-order chi connectivity index (χ0) is 20.8. The number of hydrogen-bond acceptors (Lipinski definition) is 6. The van der Waals surface area contributed by atoms with Gasteiger partial charge >= 0.3 is 11.6 Å². The molecule has 7 nitrogen and oxygen atoms in total. The minimum Gasteiger partial charge on any atom is -0.480 e. The van der Waals surface area contributed by atoms with Crippen molar-refractivity contribution in [1.29, 1.82) is 0 Å². The number of carbonyl (C=O) groups is 1. The first-order chi connectivity index (χ1) is 13.8. The van der Waals surface area contributed by atoms with Gasteiger partial charge in [-0.15, -0.1) is 0 Å². The van der Waals surface area contributed by atoms with Gasteiger partial charge in [0.25, 0.3) is 0 Å². The molecule has 1 atom stereocenters. The molecule has 1 aliphatic heterocycles. The summed E-state index contributed by atoms with van der Waals surface area (Å²) < 4.78 is 5.28. The largest absolute Gasteiger partial charge is 0.480 e. The lowest BCUT2D eigenvalue weighted by Crippen LogP contribution is -2.36. The third-order valence-corrected chi connectivity index (χ3v) is 5.08. The molecule has 1 saturated heterocycles. The number of aliphatic hydroxyl groups is 1. The molecule has 29 heavy (non-hydrogen) atoms.